The molecule has 0 spiro atoms. The molecular weight excluding hydrogens is 334 g/mol. The van der Waals surface area contributed by atoms with E-state index in [0.29, 0.717) is 5.69 Å². The molecule has 2 aromatic rings. The number of nitro groups is 1. The van der Waals surface area contributed by atoms with Crippen LogP contribution >= 0.6 is 15.9 Å². The number of nitrogens with one attached hydrogen (secondary N) is 1. The summed E-state index contributed by atoms with van der Waals surface area (Å²) in [6, 6.07) is 14.0. The standard InChI is InChI=1S/C15H12BrN3O2/c1-10(11-2-4-13(16)5-3-11)18-15-7-6-14(19(20)21)8-12(15)9-17/h2-8,10,18H,1H3/t10-/m1/s1. The quantitative estimate of drug-likeness (QED) is 0.657. The molecule has 0 heterocycles. The fourth-order valence-electron chi connectivity index (χ4n) is 1.93. The van der Waals surface area contributed by atoms with E-state index >= 15 is 0 Å². The minimum Gasteiger partial charge on any atom is -0.377 e. The average molecular weight is 346 g/mol. The molecule has 0 fully saturated rings. The van der Waals surface area contributed by atoms with Crippen LogP contribution in [-0.4, -0.2) is 4.92 Å². The van der Waals surface area contributed by atoms with Crippen LogP contribution in [0.1, 0.15) is 24.1 Å². The van der Waals surface area contributed by atoms with Crippen molar-refractivity contribution in [2.24, 2.45) is 0 Å². The molecule has 1 N–H and O–H groups in total. The normalized spacial score (nSPS) is 11.5. The summed E-state index contributed by atoms with van der Waals surface area (Å²) in [6.45, 7) is 1.96. The molecular formula is C15H12BrN3O2. The minimum atomic E-state index is -0.511. The van der Waals surface area contributed by atoms with Gasteiger partial charge in [0.25, 0.3) is 5.69 Å². The number of halogens is 1. The number of hydrogen-bond donors (Lipinski definition) is 1. The summed E-state index contributed by atoms with van der Waals surface area (Å²) in [4.78, 5) is 10.2. The second-order valence-corrected chi connectivity index (χ2v) is 5.43. The molecule has 6 heteroatoms. The number of nitrogens with zero attached hydrogens (tertiary/aromatic N) is 2. The highest BCUT2D eigenvalue weighted by atomic mass is 79.9. The van der Waals surface area contributed by atoms with Gasteiger partial charge in [0.1, 0.15) is 6.07 Å². The van der Waals surface area contributed by atoms with Crippen molar-refractivity contribution in [2.45, 2.75) is 13.0 Å². The Morgan fingerprint density at radius 3 is 2.52 bits per heavy atom. The van der Waals surface area contributed by atoms with Crippen LogP contribution in [0.3, 0.4) is 0 Å². The van der Waals surface area contributed by atoms with E-state index in [9.17, 15) is 10.1 Å². The number of benzene rings is 2. The molecule has 0 saturated carbocycles. The summed E-state index contributed by atoms with van der Waals surface area (Å²) in [5.74, 6) is 0. The lowest BCUT2D eigenvalue weighted by molar-refractivity contribution is -0.384. The van der Waals surface area contributed by atoms with Gasteiger partial charge in [-0.25, -0.2) is 0 Å². The third-order valence-corrected chi connectivity index (χ3v) is 3.61. The minimum absolute atomic E-state index is 0.0216. The van der Waals surface area contributed by atoms with E-state index in [4.69, 9.17) is 5.26 Å². The van der Waals surface area contributed by atoms with Gasteiger partial charge < -0.3 is 5.32 Å². The molecule has 0 aliphatic carbocycles. The Hall–Kier alpha value is -2.39. The van der Waals surface area contributed by atoms with Crippen LogP contribution in [0.25, 0.3) is 0 Å². The molecule has 0 aliphatic heterocycles. The van der Waals surface area contributed by atoms with Crippen LogP contribution in [0.15, 0.2) is 46.9 Å². The van der Waals surface area contributed by atoms with Crippen LogP contribution < -0.4 is 5.32 Å². The molecule has 1 atom stereocenters. The summed E-state index contributed by atoms with van der Waals surface area (Å²) in [5.41, 5.74) is 1.81. The number of nitriles is 1. The van der Waals surface area contributed by atoms with Crippen LogP contribution in [0.5, 0.6) is 0 Å². The van der Waals surface area contributed by atoms with Gasteiger partial charge >= 0.3 is 0 Å². The largest absolute Gasteiger partial charge is 0.377 e. The molecule has 0 radical (unpaired) electrons. The van der Waals surface area contributed by atoms with E-state index in [2.05, 4.69) is 21.2 Å². The molecule has 21 heavy (non-hydrogen) atoms. The van der Waals surface area contributed by atoms with Crippen LogP contribution in [0.2, 0.25) is 0 Å². The van der Waals surface area contributed by atoms with Crippen molar-refractivity contribution >= 4 is 27.3 Å². The Kier molecular flexibility index (Phi) is 4.55. The highest BCUT2D eigenvalue weighted by Crippen LogP contribution is 2.26. The number of anilines is 1. The molecule has 2 rings (SSSR count). The van der Waals surface area contributed by atoms with Gasteiger partial charge in [-0.1, -0.05) is 28.1 Å². The zero-order chi connectivity index (χ0) is 15.4. The maximum absolute atomic E-state index is 10.7. The van der Waals surface area contributed by atoms with E-state index < -0.39 is 4.92 Å². The van der Waals surface area contributed by atoms with Crippen LogP contribution in [0.4, 0.5) is 11.4 Å². The van der Waals surface area contributed by atoms with Gasteiger partial charge in [0.15, 0.2) is 0 Å². The van der Waals surface area contributed by atoms with Gasteiger partial charge in [-0.05, 0) is 30.7 Å². The highest BCUT2D eigenvalue weighted by Gasteiger charge is 2.13. The topological polar surface area (TPSA) is 79.0 Å². The maximum atomic E-state index is 10.7. The van der Waals surface area contributed by atoms with Crippen molar-refractivity contribution < 1.29 is 4.92 Å². The molecule has 5 nitrogen and oxygen atoms in total. The highest BCUT2D eigenvalue weighted by molar-refractivity contribution is 9.10. The summed E-state index contributed by atoms with van der Waals surface area (Å²) in [5, 5.41) is 23.1. The lowest BCUT2D eigenvalue weighted by Gasteiger charge is -2.16. The molecule has 106 valence electrons. The smallest absolute Gasteiger partial charge is 0.270 e. The van der Waals surface area contributed by atoms with Crippen molar-refractivity contribution in [3.8, 4) is 6.07 Å². The van der Waals surface area contributed by atoms with Crippen molar-refractivity contribution in [1.29, 1.82) is 5.26 Å². The van der Waals surface area contributed by atoms with E-state index in [1.807, 2.05) is 37.3 Å². The monoisotopic (exact) mass is 345 g/mol. The lowest BCUT2D eigenvalue weighted by Crippen LogP contribution is -2.08. The Bertz CT molecular complexity index is 708. The van der Waals surface area contributed by atoms with Crippen molar-refractivity contribution in [2.75, 3.05) is 5.32 Å². The lowest BCUT2D eigenvalue weighted by atomic mass is 10.1. The number of hydrogen-bond acceptors (Lipinski definition) is 4. The third kappa shape index (κ3) is 3.58. The Balaban J connectivity index is 2.25. The summed E-state index contributed by atoms with van der Waals surface area (Å²) in [7, 11) is 0. The predicted molar refractivity (Wildman–Crippen MR) is 84.0 cm³/mol. The van der Waals surface area contributed by atoms with Gasteiger partial charge in [-0.3, -0.25) is 10.1 Å². The zero-order valence-corrected chi connectivity index (χ0v) is 12.8. The fraction of sp³-hybridized carbons (Fsp3) is 0.133. The van der Waals surface area contributed by atoms with Gasteiger partial charge in [0, 0.05) is 22.6 Å². The van der Waals surface area contributed by atoms with Gasteiger partial charge in [0.2, 0.25) is 0 Å². The summed E-state index contributed by atoms with van der Waals surface area (Å²) < 4.78 is 0.992. The predicted octanol–water partition coefficient (Wildman–Crippen LogP) is 4.40. The van der Waals surface area contributed by atoms with Gasteiger partial charge in [-0.2, -0.15) is 5.26 Å². The number of rotatable bonds is 4. The van der Waals surface area contributed by atoms with Crippen LogP contribution in [-0.2, 0) is 0 Å². The Morgan fingerprint density at radius 2 is 1.95 bits per heavy atom. The second-order valence-electron chi connectivity index (χ2n) is 4.52. The number of nitro benzene ring substituents is 1. The van der Waals surface area contributed by atoms with Gasteiger partial charge in [-0.15, -0.1) is 0 Å². The first-order valence-electron chi connectivity index (χ1n) is 6.22. The SMILES string of the molecule is C[C@@H](Nc1ccc([N+](=O)[O-])cc1C#N)c1ccc(Br)cc1. The molecule has 0 aliphatic rings. The van der Waals surface area contributed by atoms with Crippen molar-refractivity contribution in [1.82, 2.24) is 0 Å². The first-order valence-corrected chi connectivity index (χ1v) is 7.01. The van der Waals surface area contributed by atoms with E-state index in [1.54, 1.807) is 6.07 Å². The van der Waals surface area contributed by atoms with Crippen molar-refractivity contribution in [3.05, 3.63) is 68.2 Å². The first-order chi connectivity index (χ1) is 10.0. The molecule has 2 aromatic carbocycles. The van der Waals surface area contributed by atoms with Crippen LogP contribution in [0, 0.1) is 21.4 Å². The molecule has 0 bridgehead atoms. The van der Waals surface area contributed by atoms with E-state index in [1.165, 1.54) is 12.1 Å². The average Bonchev–Trinajstić information content (AvgIpc) is 2.48. The number of non-ortho nitro benzene ring substituents is 1. The Labute approximate surface area is 130 Å². The molecule has 0 unspecified atom stereocenters. The Morgan fingerprint density at radius 1 is 1.29 bits per heavy atom. The summed E-state index contributed by atoms with van der Waals surface area (Å²) >= 11 is 3.38. The maximum Gasteiger partial charge on any atom is 0.270 e. The molecule has 0 saturated heterocycles. The third-order valence-electron chi connectivity index (χ3n) is 3.08. The van der Waals surface area contributed by atoms with E-state index in [-0.39, 0.29) is 17.3 Å². The first kappa shape index (κ1) is 15.0. The molecule has 0 aromatic heterocycles. The molecule has 0 amide bonds. The second kappa shape index (κ2) is 6.37. The van der Waals surface area contributed by atoms with E-state index in [0.717, 1.165) is 10.0 Å². The zero-order valence-electron chi connectivity index (χ0n) is 11.2. The fourth-order valence-corrected chi connectivity index (χ4v) is 2.20. The summed E-state index contributed by atoms with van der Waals surface area (Å²) in [6.07, 6.45) is 0. The van der Waals surface area contributed by atoms with Crippen molar-refractivity contribution in [3.63, 3.8) is 0 Å². The van der Waals surface area contributed by atoms with Gasteiger partial charge in [0.05, 0.1) is 16.2 Å².